The SMILES string of the molecule is C=NC(=NC(=NC)Nc1ccc2c(n1)NC(=O)C1(CCC1)O2)Nc1ccccc1F. The second-order valence-electron chi connectivity index (χ2n) is 6.82. The lowest BCUT2D eigenvalue weighted by Crippen LogP contribution is -2.55. The molecule has 4 rings (SSSR count). The summed E-state index contributed by atoms with van der Waals surface area (Å²) in [5, 5.41) is 8.49. The number of para-hydroxylation sites is 1. The van der Waals surface area contributed by atoms with Gasteiger partial charge in [-0.3, -0.25) is 9.79 Å². The van der Waals surface area contributed by atoms with Gasteiger partial charge in [0.15, 0.2) is 17.2 Å². The van der Waals surface area contributed by atoms with Gasteiger partial charge < -0.3 is 20.7 Å². The molecule has 3 N–H and O–H groups in total. The van der Waals surface area contributed by atoms with E-state index in [4.69, 9.17) is 4.74 Å². The molecule has 1 aromatic heterocycles. The van der Waals surface area contributed by atoms with Crippen molar-refractivity contribution >= 4 is 41.9 Å². The van der Waals surface area contributed by atoms with E-state index in [0.29, 0.717) is 30.2 Å². The van der Waals surface area contributed by atoms with Crippen molar-refractivity contribution in [1.29, 1.82) is 0 Å². The highest BCUT2D eigenvalue weighted by Gasteiger charge is 2.49. The van der Waals surface area contributed by atoms with Crippen molar-refractivity contribution in [2.24, 2.45) is 15.0 Å². The lowest BCUT2D eigenvalue weighted by Gasteiger charge is -2.42. The van der Waals surface area contributed by atoms with Crippen LogP contribution in [0.2, 0.25) is 0 Å². The molecule has 2 aliphatic rings. The number of nitrogens with zero attached hydrogens (tertiary/aromatic N) is 4. The molecule has 2 heterocycles. The van der Waals surface area contributed by atoms with Crippen LogP contribution in [-0.2, 0) is 4.79 Å². The summed E-state index contributed by atoms with van der Waals surface area (Å²) in [7, 11) is 1.53. The number of hydrogen-bond donors (Lipinski definition) is 3. The number of pyridine rings is 1. The van der Waals surface area contributed by atoms with Gasteiger partial charge in [0, 0.05) is 7.05 Å². The molecule has 0 atom stereocenters. The van der Waals surface area contributed by atoms with Crippen LogP contribution in [0.1, 0.15) is 19.3 Å². The van der Waals surface area contributed by atoms with E-state index >= 15 is 0 Å². The van der Waals surface area contributed by atoms with E-state index in [2.05, 4.69) is 42.6 Å². The molecule has 0 unspecified atom stereocenters. The van der Waals surface area contributed by atoms with Gasteiger partial charge in [-0.25, -0.2) is 14.4 Å². The first-order valence-corrected chi connectivity index (χ1v) is 9.35. The molecule has 1 spiro atoms. The molecular weight excluding hydrogens is 389 g/mol. The Morgan fingerprint density at radius 3 is 2.70 bits per heavy atom. The minimum absolute atomic E-state index is 0.0507. The average Bonchev–Trinajstić information content (AvgIpc) is 2.72. The fraction of sp³-hybridized carbons (Fsp3) is 0.250. The highest BCUT2D eigenvalue weighted by molar-refractivity contribution is 6.07. The number of ether oxygens (including phenoxy) is 1. The van der Waals surface area contributed by atoms with Crippen molar-refractivity contribution in [1.82, 2.24) is 4.98 Å². The maximum absolute atomic E-state index is 13.8. The van der Waals surface area contributed by atoms with Crippen LogP contribution in [0.4, 0.5) is 21.7 Å². The van der Waals surface area contributed by atoms with Crippen LogP contribution < -0.4 is 20.7 Å². The molecule has 30 heavy (non-hydrogen) atoms. The van der Waals surface area contributed by atoms with Crippen molar-refractivity contribution in [2.75, 3.05) is 23.0 Å². The highest BCUT2D eigenvalue weighted by atomic mass is 19.1. The molecule has 0 bridgehead atoms. The molecule has 1 aliphatic heterocycles. The van der Waals surface area contributed by atoms with E-state index in [0.717, 1.165) is 6.42 Å². The van der Waals surface area contributed by atoms with Gasteiger partial charge in [-0.15, -0.1) is 0 Å². The topological polar surface area (TPSA) is 112 Å². The second kappa shape index (κ2) is 7.90. The van der Waals surface area contributed by atoms with E-state index in [9.17, 15) is 9.18 Å². The van der Waals surface area contributed by atoms with E-state index in [1.54, 1.807) is 30.3 Å². The molecular formula is C20H20FN7O2. The number of anilines is 3. The Morgan fingerprint density at radius 2 is 2.03 bits per heavy atom. The standard InChI is InChI=1S/C20H20FN7O2/c1-22-18(24-13-7-4-3-6-12(13)21)28-19(23-2)26-15-9-8-14-16(25-15)27-17(29)20(30-14)10-5-11-20/h3-4,6-9H,1,5,10-11H2,2H3,(H3,23,24,25,26,27,28,29). The van der Waals surface area contributed by atoms with Gasteiger partial charge in [-0.1, -0.05) is 12.1 Å². The smallest absolute Gasteiger partial charge is 0.269 e. The highest BCUT2D eigenvalue weighted by Crippen LogP contribution is 2.43. The van der Waals surface area contributed by atoms with Crippen molar-refractivity contribution in [2.45, 2.75) is 24.9 Å². The molecule has 154 valence electrons. The summed E-state index contributed by atoms with van der Waals surface area (Å²) in [6.07, 6.45) is 2.36. The van der Waals surface area contributed by atoms with E-state index in [-0.39, 0.29) is 23.5 Å². The van der Waals surface area contributed by atoms with E-state index in [1.807, 2.05) is 0 Å². The fourth-order valence-corrected chi connectivity index (χ4v) is 3.13. The number of fused-ring (bicyclic) bond motifs is 1. The Labute approximate surface area is 172 Å². The lowest BCUT2D eigenvalue weighted by atomic mass is 9.78. The molecule has 1 fully saturated rings. The summed E-state index contributed by atoms with van der Waals surface area (Å²) in [5.41, 5.74) is -0.553. The average molecular weight is 409 g/mol. The maximum atomic E-state index is 13.8. The predicted octanol–water partition coefficient (Wildman–Crippen LogP) is 3.04. The number of benzene rings is 1. The third kappa shape index (κ3) is 3.71. The number of aromatic nitrogens is 1. The zero-order valence-corrected chi connectivity index (χ0v) is 16.3. The number of guanidine groups is 2. The largest absolute Gasteiger partial charge is 0.474 e. The zero-order chi connectivity index (χ0) is 21.1. The molecule has 1 aliphatic carbocycles. The Hall–Kier alpha value is -3.82. The van der Waals surface area contributed by atoms with Gasteiger partial charge in [-0.2, -0.15) is 4.99 Å². The van der Waals surface area contributed by atoms with Crippen LogP contribution in [0, 0.1) is 5.82 Å². The fourth-order valence-electron chi connectivity index (χ4n) is 3.13. The Balaban J connectivity index is 1.50. The van der Waals surface area contributed by atoms with Crippen molar-refractivity contribution in [3.63, 3.8) is 0 Å². The number of rotatable bonds is 2. The third-order valence-electron chi connectivity index (χ3n) is 4.90. The van der Waals surface area contributed by atoms with Crippen LogP contribution >= 0.6 is 0 Å². The first kappa shape index (κ1) is 19.5. The molecule has 2 aromatic rings. The summed E-state index contributed by atoms with van der Waals surface area (Å²) < 4.78 is 19.7. The molecule has 0 radical (unpaired) electrons. The molecule has 0 saturated heterocycles. The minimum Gasteiger partial charge on any atom is -0.474 e. The summed E-state index contributed by atoms with van der Waals surface area (Å²) in [4.78, 5) is 28.7. The lowest BCUT2D eigenvalue weighted by molar-refractivity contribution is -0.140. The van der Waals surface area contributed by atoms with Gasteiger partial charge >= 0.3 is 0 Å². The third-order valence-corrected chi connectivity index (χ3v) is 4.90. The number of nitrogens with one attached hydrogen (secondary N) is 3. The summed E-state index contributed by atoms with van der Waals surface area (Å²) in [6, 6.07) is 9.54. The summed E-state index contributed by atoms with van der Waals surface area (Å²) in [5.74, 6) is 0.818. The number of aliphatic imine (C=N–C) groups is 3. The van der Waals surface area contributed by atoms with Crippen LogP contribution in [0.5, 0.6) is 5.75 Å². The Morgan fingerprint density at radius 1 is 1.23 bits per heavy atom. The maximum Gasteiger partial charge on any atom is 0.269 e. The Kier molecular flexibility index (Phi) is 5.13. The Bertz CT molecular complexity index is 1060. The number of carbonyl (C=O) groups is 1. The summed E-state index contributed by atoms with van der Waals surface area (Å²) in [6.45, 7) is 3.45. The first-order chi connectivity index (χ1) is 14.5. The van der Waals surface area contributed by atoms with Gasteiger partial charge in [-0.05, 0) is 50.2 Å². The van der Waals surface area contributed by atoms with Crippen LogP contribution in [0.3, 0.4) is 0 Å². The normalized spacial score (nSPS) is 17.3. The molecule has 10 heteroatoms. The second-order valence-corrected chi connectivity index (χ2v) is 6.82. The number of carbonyl (C=O) groups excluding carboxylic acids is 1. The molecule has 1 saturated carbocycles. The van der Waals surface area contributed by atoms with Crippen molar-refractivity contribution in [3.05, 3.63) is 42.2 Å². The van der Waals surface area contributed by atoms with Crippen LogP contribution in [0.15, 0.2) is 51.4 Å². The quantitative estimate of drug-likeness (QED) is 0.521. The van der Waals surface area contributed by atoms with E-state index in [1.165, 1.54) is 13.1 Å². The minimum atomic E-state index is -0.757. The number of amides is 1. The van der Waals surface area contributed by atoms with Crippen LogP contribution in [-0.4, -0.2) is 42.2 Å². The van der Waals surface area contributed by atoms with Crippen molar-refractivity contribution < 1.29 is 13.9 Å². The monoisotopic (exact) mass is 409 g/mol. The first-order valence-electron chi connectivity index (χ1n) is 9.35. The van der Waals surface area contributed by atoms with Gasteiger partial charge in [0.25, 0.3) is 5.91 Å². The van der Waals surface area contributed by atoms with E-state index < -0.39 is 11.4 Å². The van der Waals surface area contributed by atoms with Gasteiger partial charge in [0.05, 0.1) is 5.69 Å². The van der Waals surface area contributed by atoms with Gasteiger partial charge in [0.2, 0.25) is 11.9 Å². The molecule has 1 amide bonds. The zero-order valence-electron chi connectivity index (χ0n) is 16.3. The molecule has 1 aromatic carbocycles. The predicted molar refractivity (Wildman–Crippen MR) is 114 cm³/mol. The van der Waals surface area contributed by atoms with Crippen molar-refractivity contribution in [3.8, 4) is 5.75 Å². The summed E-state index contributed by atoms with van der Waals surface area (Å²) >= 11 is 0. The van der Waals surface area contributed by atoms with Gasteiger partial charge in [0.1, 0.15) is 11.6 Å². The number of halogens is 1. The van der Waals surface area contributed by atoms with Crippen LogP contribution in [0.25, 0.3) is 0 Å². The number of hydrogen-bond acceptors (Lipinski definition) is 4. The molecule has 9 nitrogen and oxygen atoms in total.